The van der Waals surface area contributed by atoms with Gasteiger partial charge in [-0.15, -0.1) is 0 Å². The van der Waals surface area contributed by atoms with Crippen LogP contribution < -0.4 is 0 Å². The lowest BCUT2D eigenvalue weighted by Crippen LogP contribution is -1.99. The number of nitrogens with zero attached hydrogens (tertiary/aromatic N) is 2. The van der Waals surface area contributed by atoms with Crippen molar-refractivity contribution >= 4 is 5.78 Å². The smallest absolute Gasteiger partial charge is 0.184 e. The average Bonchev–Trinajstić information content (AvgIpc) is 2.95. The van der Waals surface area contributed by atoms with Crippen molar-refractivity contribution in [3.63, 3.8) is 0 Å². The second-order valence-corrected chi connectivity index (χ2v) is 5.21. The molecule has 0 atom stereocenters. The highest BCUT2D eigenvalue weighted by atomic mass is 16.1. The maximum Gasteiger partial charge on any atom is 0.184 e. The molecule has 0 aliphatic heterocycles. The third-order valence-corrected chi connectivity index (χ3v) is 3.46. The van der Waals surface area contributed by atoms with Gasteiger partial charge in [0.15, 0.2) is 5.78 Å². The Morgan fingerprint density at radius 3 is 2.11 bits per heavy atom. The molecular formula is C15H27N3O. The molecule has 1 N–H and O–H groups in total. The van der Waals surface area contributed by atoms with Crippen LogP contribution in [-0.4, -0.2) is 21.2 Å². The number of hydrogen-bond donors (Lipinski definition) is 1. The van der Waals surface area contributed by atoms with Gasteiger partial charge in [0.1, 0.15) is 5.69 Å². The van der Waals surface area contributed by atoms with Crippen LogP contribution in [0.2, 0.25) is 0 Å². The zero-order valence-electron chi connectivity index (χ0n) is 12.2. The molecule has 0 bridgehead atoms. The fourth-order valence-corrected chi connectivity index (χ4v) is 2.24. The molecule has 1 aromatic rings. The highest BCUT2D eigenvalue weighted by Crippen LogP contribution is 2.12. The Morgan fingerprint density at radius 1 is 1.00 bits per heavy atom. The van der Waals surface area contributed by atoms with Crippen molar-refractivity contribution in [1.29, 1.82) is 0 Å². The second kappa shape index (κ2) is 10.7. The van der Waals surface area contributed by atoms with Crippen LogP contribution in [0.1, 0.15) is 88.0 Å². The van der Waals surface area contributed by atoms with Crippen LogP contribution in [0.3, 0.4) is 0 Å². The van der Waals surface area contributed by atoms with Crippen LogP contribution in [-0.2, 0) is 0 Å². The zero-order valence-corrected chi connectivity index (χ0v) is 12.2. The van der Waals surface area contributed by atoms with E-state index < -0.39 is 0 Å². The van der Waals surface area contributed by atoms with E-state index in [1.165, 1.54) is 57.6 Å². The number of ketones is 1. The quantitative estimate of drug-likeness (QED) is 0.453. The highest BCUT2D eigenvalue weighted by molar-refractivity contribution is 5.93. The van der Waals surface area contributed by atoms with Crippen LogP contribution in [0.4, 0.5) is 0 Å². The molecule has 0 saturated heterocycles. The summed E-state index contributed by atoms with van der Waals surface area (Å²) in [6.45, 7) is 2.25. The Labute approximate surface area is 116 Å². The molecule has 4 heteroatoms. The average molecular weight is 265 g/mol. The number of aromatic amines is 1. The fourth-order valence-electron chi connectivity index (χ4n) is 2.24. The summed E-state index contributed by atoms with van der Waals surface area (Å²) in [4.78, 5) is 11.6. The van der Waals surface area contributed by atoms with E-state index in [2.05, 4.69) is 22.3 Å². The lowest BCUT2D eigenvalue weighted by Gasteiger charge is -2.01. The summed E-state index contributed by atoms with van der Waals surface area (Å²) in [5.41, 5.74) is 0.468. The summed E-state index contributed by atoms with van der Waals surface area (Å²) in [5.74, 6) is 0.105. The minimum absolute atomic E-state index is 0.105. The largest absolute Gasteiger partial charge is 0.292 e. The maximum atomic E-state index is 11.6. The van der Waals surface area contributed by atoms with Crippen molar-refractivity contribution in [2.45, 2.75) is 77.6 Å². The predicted molar refractivity (Wildman–Crippen MR) is 77.2 cm³/mol. The van der Waals surface area contributed by atoms with Crippen LogP contribution >= 0.6 is 0 Å². The van der Waals surface area contributed by atoms with Crippen molar-refractivity contribution in [2.75, 3.05) is 0 Å². The van der Waals surface area contributed by atoms with Gasteiger partial charge in [-0.3, -0.25) is 4.79 Å². The molecule has 1 heterocycles. The molecule has 0 unspecified atom stereocenters. The van der Waals surface area contributed by atoms with Crippen LogP contribution in [0.5, 0.6) is 0 Å². The summed E-state index contributed by atoms with van der Waals surface area (Å²) < 4.78 is 0. The molecule has 1 aromatic heterocycles. The Morgan fingerprint density at radius 2 is 1.58 bits per heavy atom. The van der Waals surface area contributed by atoms with Gasteiger partial charge in [-0.05, 0) is 6.42 Å². The van der Waals surface area contributed by atoms with E-state index in [0.29, 0.717) is 12.1 Å². The minimum atomic E-state index is 0.105. The molecule has 4 nitrogen and oxygen atoms in total. The van der Waals surface area contributed by atoms with E-state index in [0.717, 1.165) is 12.8 Å². The predicted octanol–water partition coefficient (Wildman–Crippen LogP) is 4.30. The van der Waals surface area contributed by atoms with Crippen molar-refractivity contribution in [2.24, 2.45) is 0 Å². The summed E-state index contributed by atoms with van der Waals surface area (Å²) in [6.07, 6.45) is 15.0. The molecule has 0 radical (unpaired) electrons. The fraction of sp³-hybridized carbons (Fsp3) is 0.800. The first-order valence-electron chi connectivity index (χ1n) is 7.73. The molecule has 19 heavy (non-hydrogen) atoms. The van der Waals surface area contributed by atoms with Gasteiger partial charge >= 0.3 is 0 Å². The molecule has 0 saturated carbocycles. The van der Waals surface area contributed by atoms with Crippen molar-refractivity contribution in [1.82, 2.24) is 15.4 Å². The number of hydrogen-bond acceptors (Lipinski definition) is 3. The van der Waals surface area contributed by atoms with Gasteiger partial charge in [-0.2, -0.15) is 15.4 Å². The van der Waals surface area contributed by atoms with Crippen molar-refractivity contribution in [3.8, 4) is 0 Å². The SMILES string of the molecule is CCCCCCCCCCCCC(=O)c1cn[nH]n1. The third kappa shape index (κ3) is 7.75. The summed E-state index contributed by atoms with van der Waals surface area (Å²) >= 11 is 0. The Balaban J connectivity index is 1.85. The number of nitrogens with one attached hydrogen (secondary N) is 1. The first-order chi connectivity index (χ1) is 9.34. The number of carbonyl (C=O) groups is 1. The van der Waals surface area contributed by atoms with E-state index in [9.17, 15) is 4.79 Å². The number of aromatic nitrogens is 3. The summed E-state index contributed by atoms with van der Waals surface area (Å²) in [5, 5.41) is 9.91. The highest BCUT2D eigenvalue weighted by Gasteiger charge is 2.07. The minimum Gasteiger partial charge on any atom is -0.292 e. The first-order valence-corrected chi connectivity index (χ1v) is 7.73. The monoisotopic (exact) mass is 265 g/mol. The third-order valence-electron chi connectivity index (χ3n) is 3.46. The number of Topliss-reactive ketones (excluding diaryl/α,β-unsaturated/α-hetero) is 1. The van der Waals surface area contributed by atoms with Gasteiger partial charge in [-0.1, -0.05) is 64.7 Å². The molecular weight excluding hydrogens is 238 g/mol. The number of H-pyrrole nitrogens is 1. The molecule has 1 rings (SSSR count). The summed E-state index contributed by atoms with van der Waals surface area (Å²) in [6, 6.07) is 0. The van der Waals surface area contributed by atoms with Crippen LogP contribution in [0.15, 0.2) is 6.20 Å². The lowest BCUT2D eigenvalue weighted by atomic mass is 10.0. The molecule has 108 valence electrons. The Hall–Kier alpha value is -1.19. The van der Waals surface area contributed by atoms with Gasteiger partial charge in [0.05, 0.1) is 6.20 Å². The topological polar surface area (TPSA) is 58.6 Å². The molecule has 0 aliphatic rings. The van der Waals surface area contributed by atoms with Gasteiger partial charge in [0, 0.05) is 6.42 Å². The standard InChI is InChI=1S/C15H27N3O/c1-2-3-4-5-6-7-8-9-10-11-12-15(19)14-13-16-18-17-14/h13H,2-12H2,1H3,(H,16,17,18). The van der Waals surface area contributed by atoms with E-state index in [-0.39, 0.29) is 5.78 Å². The summed E-state index contributed by atoms with van der Waals surface area (Å²) in [7, 11) is 0. The number of unbranched alkanes of at least 4 members (excludes halogenated alkanes) is 9. The zero-order chi connectivity index (χ0) is 13.8. The van der Waals surface area contributed by atoms with E-state index in [1.54, 1.807) is 0 Å². The van der Waals surface area contributed by atoms with Crippen LogP contribution in [0, 0.1) is 0 Å². The van der Waals surface area contributed by atoms with Crippen LogP contribution in [0.25, 0.3) is 0 Å². The molecule has 0 spiro atoms. The van der Waals surface area contributed by atoms with Gasteiger partial charge < -0.3 is 0 Å². The Kier molecular flexibility index (Phi) is 8.94. The van der Waals surface area contributed by atoms with E-state index in [4.69, 9.17) is 0 Å². The Bertz CT molecular complexity index is 322. The van der Waals surface area contributed by atoms with Gasteiger partial charge in [0.25, 0.3) is 0 Å². The number of rotatable bonds is 12. The second-order valence-electron chi connectivity index (χ2n) is 5.21. The van der Waals surface area contributed by atoms with Gasteiger partial charge in [-0.25, -0.2) is 0 Å². The lowest BCUT2D eigenvalue weighted by molar-refractivity contribution is 0.0974. The molecule has 0 aliphatic carbocycles. The maximum absolute atomic E-state index is 11.6. The number of carbonyl (C=O) groups excluding carboxylic acids is 1. The normalized spacial score (nSPS) is 10.8. The molecule has 0 amide bonds. The van der Waals surface area contributed by atoms with Gasteiger partial charge in [0.2, 0.25) is 0 Å². The van der Waals surface area contributed by atoms with Crippen molar-refractivity contribution < 1.29 is 4.79 Å². The molecule has 0 aromatic carbocycles. The van der Waals surface area contributed by atoms with E-state index >= 15 is 0 Å². The first kappa shape index (κ1) is 15.9. The van der Waals surface area contributed by atoms with Crippen molar-refractivity contribution in [3.05, 3.63) is 11.9 Å². The van der Waals surface area contributed by atoms with E-state index in [1.807, 2.05) is 0 Å². The molecule has 0 fully saturated rings.